The number of carbonyl (C=O) groups is 1. The van der Waals surface area contributed by atoms with Gasteiger partial charge in [-0.05, 0) is 18.2 Å². The smallest absolute Gasteiger partial charge is 0.337 e. The van der Waals surface area contributed by atoms with Crippen LogP contribution in [0.25, 0.3) is 0 Å². The van der Waals surface area contributed by atoms with Crippen molar-refractivity contribution >= 4 is 23.3 Å². The molecule has 2 heterocycles. The van der Waals surface area contributed by atoms with Gasteiger partial charge >= 0.3 is 5.97 Å². The van der Waals surface area contributed by atoms with Crippen LogP contribution >= 0.6 is 0 Å². The Bertz CT molecular complexity index is 687. The van der Waals surface area contributed by atoms with Crippen molar-refractivity contribution in [1.29, 1.82) is 0 Å². The van der Waals surface area contributed by atoms with Gasteiger partial charge in [-0.1, -0.05) is 6.07 Å². The van der Waals surface area contributed by atoms with Gasteiger partial charge in [0.05, 0.1) is 25.9 Å². The normalized spacial score (nSPS) is 14.4. The van der Waals surface area contributed by atoms with Crippen LogP contribution in [0.4, 0.5) is 17.3 Å². The highest BCUT2D eigenvalue weighted by atomic mass is 16.5. The lowest BCUT2D eigenvalue weighted by molar-refractivity contribution is 0.0601. The summed E-state index contributed by atoms with van der Waals surface area (Å²) < 4.78 is 10.1. The molecule has 0 aliphatic carbocycles. The van der Waals surface area contributed by atoms with Crippen molar-refractivity contribution in [1.82, 2.24) is 9.97 Å². The van der Waals surface area contributed by atoms with Crippen LogP contribution in [0, 0.1) is 0 Å². The average Bonchev–Trinajstić information content (AvgIpc) is 2.62. The molecular weight excluding hydrogens is 296 g/mol. The van der Waals surface area contributed by atoms with Gasteiger partial charge in [-0.3, -0.25) is 0 Å². The second-order valence-electron chi connectivity index (χ2n) is 5.06. The molecule has 0 amide bonds. The highest BCUT2D eigenvalue weighted by molar-refractivity contribution is 5.90. The number of hydrogen-bond donors (Lipinski definition) is 1. The lowest BCUT2D eigenvalue weighted by Gasteiger charge is -2.27. The molecule has 7 heteroatoms. The number of rotatable bonds is 4. The number of aromatic nitrogens is 2. The van der Waals surface area contributed by atoms with Crippen molar-refractivity contribution in [3.8, 4) is 0 Å². The lowest BCUT2D eigenvalue weighted by Crippen LogP contribution is -2.36. The standard InChI is InChI=1S/C16H18N4O3/c1-22-16(21)12-3-2-4-13(9-12)19-14-10-15(18-11-17-14)20-5-7-23-8-6-20/h2-4,9-11H,5-8H2,1H3,(H,17,18,19). The Morgan fingerprint density at radius 1 is 1.26 bits per heavy atom. The molecule has 0 saturated carbocycles. The first kappa shape index (κ1) is 15.2. The lowest BCUT2D eigenvalue weighted by atomic mass is 10.2. The first-order valence-electron chi connectivity index (χ1n) is 7.36. The zero-order chi connectivity index (χ0) is 16.1. The molecule has 23 heavy (non-hydrogen) atoms. The molecule has 0 bridgehead atoms. The summed E-state index contributed by atoms with van der Waals surface area (Å²) in [6, 6.07) is 8.97. The molecule has 0 atom stereocenters. The average molecular weight is 314 g/mol. The van der Waals surface area contributed by atoms with Crippen molar-refractivity contribution < 1.29 is 14.3 Å². The largest absolute Gasteiger partial charge is 0.465 e. The van der Waals surface area contributed by atoms with E-state index in [4.69, 9.17) is 9.47 Å². The number of methoxy groups -OCH3 is 1. The van der Waals surface area contributed by atoms with Crippen molar-refractivity contribution in [2.75, 3.05) is 43.6 Å². The molecule has 1 N–H and O–H groups in total. The van der Waals surface area contributed by atoms with E-state index in [0.29, 0.717) is 24.6 Å². The molecule has 1 aromatic carbocycles. The van der Waals surface area contributed by atoms with E-state index >= 15 is 0 Å². The number of hydrogen-bond acceptors (Lipinski definition) is 7. The first-order chi connectivity index (χ1) is 11.3. The van der Waals surface area contributed by atoms with E-state index in [1.54, 1.807) is 18.2 Å². The quantitative estimate of drug-likeness (QED) is 0.863. The second-order valence-corrected chi connectivity index (χ2v) is 5.06. The van der Waals surface area contributed by atoms with Crippen LogP contribution in [-0.4, -0.2) is 49.4 Å². The number of carbonyl (C=O) groups excluding carboxylic acids is 1. The molecule has 0 unspecified atom stereocenters. The zero-order valence-electron chi connectivity index (χ0n) is 12.9. The van der Waals surface area contributed by atoms with Crippen molar-refractivity contribution in [3.63, 3.8) is 0 Å². The summed E-state index contributed by atoms with van der Waals surface area (Å²) >= 11 is 0. The second kappa shape index (κ2) is 7.06. The summed E-state index contributed by atoms with van der Waals surface area (Å²) in [5.41, 5.74) is 1.25. The number of nitrogens with zero attached hydrogens (tertiary/aromatic N) is 3. The molecule has 120 valence electrons. The molecule has 1 saturated heterocycles. The minimum Gasteiger partial charge on any atom is -0.465 e. The van der Waals surface area contributed by atoms with Gasteiger partial charge in [0.25, 0.3) is 0 Å². The molecule has 2 aromatic rings. The Kier molecular flexibility index (Phi) is 4.68. The van der Waals surface area contributed by atoms with E-state index in [-0.39, 0.29) is 5.97 Å². The predicted molar refractivity (Wildman–Crippen MR) is 86.1 cm³/mol. The van der Waals surface area contributed by atoms with Crippen LogP contribution in [-0.2, 0) is 9.47 Å². The topological polar surface area (TPSA) is 76.6 Å². The fourth-order valence-electron chi connectivity index (χ4n) is 2.37. The number of morpholine rings is 1. The predicted octanol–water partition coefficient (Wildman–Crippen LogP) is 1.84. The van der Waals surface area contributed by atoms with Crippen molar-refractivity contribution in [2.24, 2.45) is 0 Å². The number of anilines is 3. The van der Waals surface area contributed by atoms with Gasteiger partial charge < -0.3 is 19.7 Å². The van der Waals surface area contributed by atoms with E-state index < -0.39 is 0 Å². The van der Waals surface area contributed by atoms with E-state index in [9.17, 15) is 4.79 Å². The van der Waals surface area contributed by atoms with Gasteiger partial charge in [-0.2, -0.15) is 0 Å². The fourth-order valence-corrected chi connectivity index (χ4v) is 2.37. The Balaban J connectivity index is 1.76. The monoisotopic (exact) mass is 314 g/mol. The van der Waals surface area contributed by atoms with Crippen molar-refractivity contribution in [2.45, 2.75) is 0 Å². The molecule has 0 spiro atoms. The summed E-state index contributed by atoms with van der Waals surface area (Å²) in [4.78, 5) is 22.3. The molecule has 1 aliphatic rings. The van der Waals surface area contributed by atoms with Crippen LogP contribution in [0.3, 0.4) is 0 Å². The van der Waals surface area contributed by atoms with Crippen molar-refractivity contribution in [3.05, 3.63) is 42.2 Å². The van der Waals surface area contributed by atoms with Gasteiger partial charge in [0.2, 0.25) is 0 Å². The Morgan fingerprint density at radius 2 is 2.09 bits per heavy atom. The molecule has 1 fully saturated rings. The Morgan fingerprint density at radius 3 is 2.87 bits per heavy atom. The van der Waals surface area contributed by atoms with Crippen LogP contribution in [0.5, 0.6) is 0 Å². The highest BCUT2D eigenvalue weighted by Crippen LogP contribution is 2.20. The molecule has 0 radical (unpaired) electrons. The third-order valence-corrected chi connectivity index (χ3v) is 3.54. The zero-order valence-corrected chi connectivity index (χ0v) is 12.9. The van der Waals surface area contributed by atoms with E-state index in [1.807, 2.05) is 12.1 Å². The number of benzene rings is 1. The van der Waals surface area contributed by atoms with E-state index in [0.717, 1.165) is 24.6 Å². The summed E-state index contributed by atoms with van der Waals surface area (Å²) in [5.74, 6) is 1.16. The van der Waals surface area contributed by atoms with Gasteiger partial charge in [-0.15, -0.1) is 0 Å². The molecule has 1 aromatic heterocycles. The van der Waals surface area contributed by atoms with Gasteiger partial charge in [-0.25, -0.2) is 14.8 Å². The van der Waals surface area contributed by atoms with Crippen LogP contribution in [0.2, 0.25) is 0 Å². The third kappa shape index (κ3) is 3.75. The third-order valence-electron chi connectivity index (χ3n) is 3.54. The fraction of sp³-hybridized carbons (Fsp3) is 0.312. The van der Waals surface area contributed by atoms with Gasteiger partial charge in [0.1, 0.15) is 18.0 Å². The Hall–Kier alpha value is -2.67. The minimum absolute atomic E-state index is 0.370. The maximum Gasteiger partial charge on any atom is 0.337 e. The summed E-state index contributed by atoms with van der Waals surface area (Å²) in [6.45, 7) is 3.03. The van der Waals surface area contributed by atoms with Gasteiger partial charge in [0.15, 0.2) is 0 Å². The SMILES string of the molecule is COC(=O)c1cccc(Nc2cc(N3CCOCC3)ncn2)c1. The number of nitrogens with one attached hydrogen (secondary N) is 1. The maximum atomic E-state index is 11.6. The van der Waals surface area contributed by atoms with Gasteiger partial charge in [0, 0.05) is 24.8 Å². The summed E-state index contributed by atoms with van der Waals surface area (Å²) in [7, 11) is 1.36. The number of esters is 1. The first-order valence-corrected chi connectivity index (χ1v) is 7.36. The van der Waals surface area contributed by atoms with Crippen LogP contribution in [0.1, 0.15) is 10.4 Å². The highest BCUT2D eigenvalue weighted by Gasteiger charge is 2.13. The van der Waals surface area contributed by atoms with Crippen LogP contribution in [0.15, 0.2) is 36.7 Å². The number of ether oxygens (including phenoxy) is 2. The molecule has 1 aliphatic heterocycles. The maximum absolute atomic E-state index is 11.6. The van der Waals surface area contributed by atoms with E-state index in [2.05, 4.69) is 20.2 Å². The van der Waals surface area contributed by atoms with Crippen LogP contribution < -0.4 is 10.2 Å². The van der Waals surface area contributed by atoms with E-state index in [1.165, 1.54) is 13.4 Å². The summed E-state index contributed by atoms with van der Waals surface area (Å²) in [5, 5.41) is 3.19. The molecule has 7 nitrogen and oxygen atoms in total. The molecular formula is C16H18N4O3. The molecule has 3 rings (SSSR count). The Labute approximate surface area is 134 Å². The minimum atomic E-state index is -0.370. The summed E-state index contributed by atoms with van der Waals surface area (Å²) in [6.07, 6.45) is 1.53.